The van der Waals surface area contributed by atoms with Crippen LogP contribution in [0.5, 0.6) is 0 Å². The average molecular weight is 346 g/mol. The van der Waals surface area contributed by atoms with Crippen molar-refractivity contribution in [3.05, 3.63) is 65.7 Å². The lowest BCUT2D eigenvalue weighted by atomic mass is 10.1. The van der Waals surface area contributed by atoms with Crippen molar-refractivity contribution in [2.24, 2.45) is 5.10 Å². The summed E-state index contributed by atoms with van der Waals surface area (Å²) >= 11 is 11.1. The molecule has 2 N–H and O–H groups in total. The first kappa shape index (κ1) is 17.4. The van der Waals surface area contributed by atoms with Gasteiger partial charge in [0.1, 0.15) is 0 Å². The summed E-state index contributed by atoms with van der Waals surface area (Å²) in [5.74, 6) is 0.609. The second-order valence-corrected chi connectivity index (χ2v) is 5.94. The molecule has 120 valence electrons. The molecule has 0 spiro atoms. The van der Waals surface area contributed by atoms with Crippen LogP contribution in [0.2, 0.25) is 0 Å². The maximum absolute atomic E-state index is 5.80. The van der Waals surface area contributed by atoms with Crippen molar-refractivity contribution < 1.29 is 0 Å². The van der Waals surface area contributed by atoms with Crippen molar-refractivity contribution in [2.75, 3.05) is 11.2 Å². The van der Waals surface area contributed by atoms with Crippen molar-refractivity contribution in [2.45, 2.75) is 19.8 Å². The highest BCUT2D eigenvalue weighted by molar-refractivity contribution is 7.80. The number of hydrazone groups is 1. The van der Waals surface area contributed by atoms with E-state index in [1.54, 1.807) is 0 Å². The normalized spacial score (nSPS) is 11.1. The van der Waals surface area contributed by atoms with E-state index in [-0.39, 0.29) is 0 Å². The topological polar surface area (TPSA) is 36.4 Å². The van der Waals surface area contributed by atoms with Gasteiger partial charge in [0.05, 0.1) is 5.71 Å². The monoisotopic (exact) mass is 345 g/mol. The Hall–Kier alpha value is -1.91. The summed E-state index contributed by atoms with van der Waals surface area (Å²) in [6, 6.07) is 18.1. The summed E-state index contributed by atoms with van der Waals surface area (Å²) in [4.78, 5) is 0. The maximum Gasteiger partial charge on any atom is 0.191 e. The van der Waals surface area contributed by atoms with Crippen molar-refractivity contribution in [1.82, 2.24) is 5.43 Å². The lowest BCUT2D eigenvalue weighted by molar-refractivity contribution is 0.959. The molecule has 0 atom stereocenters. The van der Waals surface area contributed by atoms with E-state index in [0.29, 0.717) is 11.0 Å². The van der Waals surface area contributed by atoms with Gasteiger partial charge in [-0.2, -0.15) is 5.10 Å². The molecule has 0 bridgehead atoms. The molecule has 0 fully saturated rings. The fourth-order valence-corrected chi connectivity index (χ4v) is 2.34. The highest BCUT2D eigenvalue weighted by Gasteiger charge is 2.04. The molecule has 0 heterocycles. The van der Waals surface area contributed by atoms with Crippen LogP contribution >= 0.6 is 23.8 Å². The number of halogens is 1. The van der Waals surface area contributed by atoms with Gasteiger partial charge in [-0.3, -0.25) is 5.43 Å². The molecule has 5 heteroatoms. The number of hydrogen-bond acceptors (Lipinski definition) is 2. The van der Waals surface area contributed by atoms with Crippen molar-refractivity contribution >= 4 is 40.3 Å². The van der Waals surface area contributed by atoms with Crippen LogP contribution in [0, 0.1) is 6.92 Å². The zero-order valence-corrected chi connectivity index (χ0v) is 14.6. The largest absolute Gasteiger partial charge is 0.331 e. The van der Waals surface area contributed by atoms with E-state index in [0.717, 1.165) is 29.8 Å². The van der Waals surface area contributed by atoms with Gasteiger partial charge < -0.3 is 5.32 Å². The van der Waals surface area contributed by atoms with Gasteiger partial charge in [0.2, 0.25) is 0 Å². The molecule has 0 saturated heterocycles. The lowest BCUT2D eigenvalue weighted by Crippen LogP contribution is -2.25. The van der Waals surface area contributed by atoms with Gasteiger partial charge >= 0.3 is 0 Å². The highest BCUT2D eigenvalue weighted by atomic mass is 35.5. The number of anilines is 1. The summed E-state index contributed by atoms with van der Waals surface area (Å²) in [5.41, 5.74) is 7.08. The summed E-state index contributed by atoms with van der Waals surface area (Å²) in [7, 11) is 0. The molecule has 0 unspecified atom stereocenters. The van der Waals surface area contributed by atoms with Crippen LogP contribution in [0.1, 0.15) is 24.0 Å². The molecule has 23 heavy (non-hydrogen) atoms. The first-order valence-electron chi connectivity index (χ1n) is 7.50. The van der Waals surface area contributed by atoms with E-state index in [2.05, 4.69) is 15.8 Å². The molecule has 2 rings (SSSR count). The molecule has 0 amide bonds. The first-order valence-corrected chi connectivity index (χ1v) is 8.45. The van der Waals surface area contributed by atoms with Gasteiger partial charge in [-0.1, -0.05) is 48.0 Å². The number of hydrogen-bond donors (Lipinski definition) is 2. The van der Waals surface area contributed by atoms with Crippen LogP contribution in [0.15, 0.2) is 59.7 Å². The Labute approximate surface area is 147 Å². The third-order valence-electron chi connectivity index (χ3n) is 3.26. The van der Waals surface area contributed by atoms with Crippen LogP contribution in [0.4, 0.5) is 5.69 Å². The number of benzene rings is 2. The Morgan fingerprint density at radius 2 is 1.78 bits per heavy atom. The second kappa shape index (κ2) is 9.28. The minimum absolute atomic E-state index is 0.466. The molecule has 0 aliphatic rings. The zero-order valence-electron chi connectivity index (χ0n) is 13.1. The van der Waals surface area contributed by atoms with Gasteiger partial charge in [0, 0.05) is 11.6 Å². The smallest absolute Gasteiger partial charge is 0.191 e. The Morgan fingerprint density at radius 3 is 2.43 bits per heavy atom. The Bertz CT molecular complexity index is 654. The zero-order chi connectivity index (χ0) is 16.5. The number of alkyl halides is 1. The number of rotatable bonds is 6. The van der Waals surface area contributed by atoms with Gasteiger partial charge in [0.25, 0.3) is 0 Å². The van der Waals surface area contributed by atoms with Crippen molar-refractivity contribution in [1.29, 1.82) is 0 Å². The van der Waals surface area contributed by atoms with E-state index in [9.17, 15) is 0 Å². The lowest BCUT2D eigenvalue weighted by Gasteiger charge is -2.10. The second-order valence-electron chi connectivity index (χ2n) is 5.15. The Morgan fingerprint density at radius 1 is 1.09 bits per heavy atom. The first-order chi connectivity index (χ1) is 11.2. The van der Waals surface area contributed by atoms with Gasteiger partial charge in [-0.05, 0) is 49.7 Å². The minimum atomic E-state index is 0.466. The number of aryl methyl sites for hydroxylation is 1. The van der Waals surface area contributed by atoms with E-state index in [4.69, 9.17) is 23.8 Å². The van der Waals surface area contributed by atoms with E-state index >= 15 is 0 Å². The van der Waals surface area contributed by atoms with E-state index in [1.165, 1.54) is 5.56 Å². The van der Waals surface area contributed by atoms with E-state index in [1.807, 2.05) is 61.5 Å². The van der Waals surface area contributed by atoms with Crippen molar-refractivity contribution in [3.63, 3.8) is 0 Å². The Balaban J connectivity index is 2.01. The summed E-state index contributed by atoms with van der Waals surface area (Å²) < 4.78 is 0. The SMILES string of the molecule is Cc1ccc(NC(=S)N/N=C(\CCCCl)c2ccccc2)cc1. The fraction of sp³-hybridized carbons (Fsp3) is 0.222. The molecular weight excluding hydrogens is 326 g/mol. The quantitative estimate of drug-likeness (QED) is 0.344. The molecular formula is C18H20ClN3S. The summed E-state index contributed by atoms with van der Waals surface area (Å²) in [6.07, 6.45) is 1.67. The highest BCUT2D eigenvalue weighted by Crippen LogP contribution is 2.09. The third kappa shape index (κ3) is 6.00. The minimum Gasteiger partial charge on any atom is -0.331 e. The van der Waals surface area contributed by atoms with Crippen LogP contribution in [0.25, 0.3) is 0 Å². The molecule has 0 radical (unpaired) electrons. The van der Waals surface area contributed by atoms with Crippen LogP contribution in [0.3, 0.4) is 0 Å². The van der Waals surface area contributed by atoms with Crippen molar-refractivity contribution in [3.8, 4) is 0 Å². The van der Waals surface area contributed by atoms with Gasteiger partial charge in [0.15, 0.2) is 5.11 Å². The van der Waals surface area contributed by atoms with Crippen LogP contribution in [-0.2, 0) is 0 Å². The van der Waals surface area contributed by atoms with Gasteiger partial charge in [-0.25, -0.2) is 0 Å². The molecule has 0 aliphatic heterocycles. The average Bonchev–Trinajstić information content (AvgIpc) is 2.58. The molecule has 2 aromatic carbocycles. The molecule has 0 aliphatic carbocycles. The molecule has 2 aromatic rings. The number of nitrogens with one attached hydrogen (secondary N) is 2. The van der Waals surface area contributed by atoms with Crippen LogP contribution in [-0.4, -0.2) is 16.7 Å². The van der Waals surface area contributed by atoms with Crippen LogP contribution < -0.4 is 10.7 Å². The molecule has 3 nitrogen and oxygen atoms in total. The third-order valence-corrected chi connectivity index (χ3v) is 3.72. The predicted octanol–water partition coefficient (Wildman–Crippen LogP) is 4.70. The van der Waals surface area contributed by atoms with Gasteiger partial charge in [-0.15, -0.1) is 11.6 Å². The van der Waals surface area contributed by atoms with E-state index < -0.39 is 0 Å². The standard InChI is InChI=1S/C18H20ClN3S/c1-14-9-11-16(12-10-14)20-18(23)22-21-17(8-5-13-19)15-6-3-2-4-7-15/h2-4,6-7,9-12H,5,8,13H2,1H3,(H2,20,22,23)/b21-17+. The maximum atomic E-state index is 5.80. The molecule has 0 aromatic heterocycles. The predicted molar refractivity (Wildman–Crippen MR) is 103 cm³/mol. The fourth-order valence-electron chi connectivity index (χ4n) is 2.04. The summed E-state index contributed by atoms with van der Waals surface area (Å²) in [5, 5.41) is 8.03. The summed E-state index contributed by atoms with van der Waals surface area (Å²) in [6.45, 7) is 2.05. The Kier molecular flexibility index (Phi) is 7.04. The molecule has 0 saturated carbocycles. The number of nitrogens with zero attached hydrogens (tertiary/aromatic N) is 1. The number of thiocarbonyl (C=S) groups is 1.